The van der Waals surface area contributed by atoms with Gasteiger partial charge in [-0.05, 0) is 41.9 Å². The van der Waals surface area contributed by atoms with Gasteiger partial charge in [0.15, 0.2) is 0 Å². The lowest BCUT2D eigenvalue weighted by Crippen LogP contribution is -2.43. The van der Waals surface area contributed by atoms with Gasteiger partial charge in [0.2, 0.25) is 11.8 Å². The molecule has 3 N–H and O–H groups in total. The third-order valence-corrected chi connectivity index (χ3v) is 7.66. The molecule has 0 aliphatic heterocycles. The van der Waals surface area contributed by atoms with Gasteiger partial charge in [-0.2, -0.15) is 0 Å². The smallest absolute Gasteiger partial charge is 0.245 e. The van der Waals surface area contributed by atoms with Crippen LogP contribution in [0.5, 0.6) is 5.75 Å². The van der Waals surface area contributed by atoms with E-state index in [1.54, 1.807) is 0 Å². The van der Waals surface area contributed by atoms with Crippen LogP contribution in [-0.4, -0.2) is 16.9 Å². The molecule has 0 spiro atoms. The number of phenolic OH excluding ortho intramolecular Hbond substituents is 1. The Morgan fingerprint density at radius 1 is 0.658 bits per heavy atom. The number of amides is 2. The molecule has 218 valence electrons. The number of carbonyl (C=O) groups is 2. The Morgan fingerprint density at radius 2 is 1.05 bits per heavy atom. The van der Waals surface area contributed by atoms with Crippen molar-refractivity contribution in [3.05, 3.63) is 28.8 Å². The molecule has 0 aliphatic carbocycles. The molecular formula is C33H58N2O3. The summed E-state index contributed by atoms with van der Waals surface area (Å²) < 4.78 is 0. The Bertz CT molecular complexity index is 774. The van der Waals surface area contributed by atoms with Crippen LogP contribution in [0.25, 0.3) is 0 Å². The number of nitrogens with one attached hydrogen (secondary N) is 2. The fourth-order valence-corrected chi connectivity index (χ4v) is 4.94. The summed E-state index contributed by atoms with van der Waals surface area (Å²) in [5.74, 6) is -0.198. The number of hydrogen-bond acceptors (Lipinski definition) is 3. The van der Waals surface area contributed by atoms with Crippen molar-refractivity contribution in [2.45, 2.75) is 162 Å². The summed E-state index contributed by atoms with van der Waals surface area (Å²) in [6.45, 7) is 12.2. The molecule has 2 amide bonds. The number of benzene rings is 1. The first-order chi connectivity index (χ1) is 18.2. The highest BCUT2D eigenvalue weighted by molar-refractivity contribution is 5.86. The van der Waals surface area contributed by atoms with Crippen LogP contribution in [0.1, 0.15) is 179 Å². The van der Waals surface area contributed by atoms with Crippen LogP contribution in [-0.2, 0) is 9.59 Å². The topological polar surface area (TPSA) is 78.4 Å². The van der Waals surface area contributed by atoms with E-state index in [1.165, 1.54) is 83.5 Å². The van der Waals surface area contributed by atoms with Gasteiger partial charge in [-0.3, -0.25) is 20.4 Å². The Labute approximate surface area is 233 Å². The Balaban J connectivity index is 2.19. The lowest BCUT2D eigenvalue weighted by Gasteiger charge is -2.20. The molecule has 1 aromatic rings. The summed E-state index contributed by atoms with van der Waals surface area (Å²) in [5, 5.41) is 10.6. The monoisotopic (exact) mass is 530 g/mol. The molecule has 0 saturated heterocycles. The Morgan fingerprint density at radius 3 is 1.45 bits per heavy atom. The van der Waals surface area contributed by atoms with Crippen LogP contribution >= 0.6 is 0 Å². The highest BCUT2D eigenvalue weighted by Gasteiger charge is 2.21. The van der Waals surface area contributed by atoms with E-state index in [0.29, 0.717) is 12.2 Å². The van der Waals surface area contributed by atoms with Gasteiger partial charge in [0, 0.05) is 6.42 Å². The fraction of sp³-hybridized carbons (Fsp3) is 0.758. The first-order valence-electron chi connectivity index (χ1n) is 15.6. The van der Waals surface area contributed by atoms with Crippen LogP contribution in [0.4, 0.5) is 0 Å². The fourth-order valence-electron chi connectivity index (χ4n) is 4.94. The summed E-state index contributed by atoms with van der Waals surface area (Å²) in [6.07, 6.45) is 19.9. The first-order valence-corrected chi connectivity index (χ1v) is 15.6. The van der Waals surface area contributed by atoms with Crippen molar-refractivity contribution in [3.8, 4) is 5.75 Å². The van der Waals surface area contributed by atoms with Gasteiger partial charge in [-0.15, -0.1) is 0 Å². The van der Waals surface area contributed by atoms with Gasteiger partial charge in [0.25, 0.3) is 0 Å². The van der Waals surface area contributed by atoms with Crippen LogP contribution in [0.2, 0.25) is 0 Å². The molecule has 0 bridgehead atoms. The Hall–Kier alpha value is -2.04. The zero-order valence-corrected chi connectivity index (χ0v) is 25.5. The minimum atomic E-state index is -0.434. The maximum Gasteiger partial charge on any atom is 0.245 e. The first kappa shape index (κ1) is 34.0. The molecule has 38 heavy (non-hydrogen) atoms. The average Bonchev–Trinajstić information content (AvgIpc) is 2.88. The zero-order valence-electron chi connectivity index (χ0n) is 25.5. The van der Waals surface area contributed by atoms with Crippen molar-refractivity contribution >= 4 is 11.8 Å². The summed E-state index contributed by atoms with van der Waals surface area (Å²) in [5.41, 5.74) is 7.73. The number of hydrazine groups is 1. The van der Waals surface area contributed by atoms with Gasteiger partial charge >= 0.3 is 0 Å². The van der Waals surface area contributed by atoms with Gasteiger partial charge in [0.05, 0.1) is 5.92 Å². The maximum atomic E-state index is 12.7. The number of aromatic hydroxyl groups is 1. The van der Waals surface area contributed by atoms with Crippen LogP contribution in [0.15, 0.2) is 12.1 Å². The Kier molecular flexibility index (Phi) is 17.8. The molecule has 0 aromatic heterocycles. The molecule has 1 atom stereocenters. The average molecular weight is 531 g/mol. The van der Waals surface area contributed by atoms with E-state index in [-0.39, 0.29) is 23.7 Å². The molecule has 1 aromatic carbocycles. The largest absolute Gasteiger partial charge is 0.507 e. The van der Waals surface area contributed by atoms with E-state index in [4.69, 9.17) is 0 Å². The zero-order chi connectivity index (χ0) is 28.3. The second kappa shape index (κ2) is 19.9. The van der Waals surface area contributed by atoms with Gasteiger partial charge in [-0.25, -0.2) is 0 Å². The molecule has 0 radical (unpaired) electrons. The van der Waals surface area contributed by atoms with Gasteiger partial charge in [-0.1, -0.05) is 137 Å². The van der Waals surface area contributed by atoms with Crippen LogP contribution in [0.3, 0.4) is 0 Å². The summed E-state index contributed by atoms with van der Waals surface area (Å²) in [4.78, 5) is 24.9. The second-order valence-corrected chi connectivity index (χ2v) is 11.8. The number of phenols is 1. The lowest BCUT2D eigenvalue weighted by molar-refractivity contribution is -0.129. The van der Waals surface area contributed by atoms with Crippen molar-refractivity contribution in [3.63, 3.8) is 0 Å². The van der Waals surface area contributed by atoms with Crippen molar-refractivity contribution in [2.75, 3.05) is 0 Å². The number of carbonyl (C=O) groups excluding carboxylic acids is 2. The van der Waals surface area contributed by atoms with Crippen molar-refractivity contribution in [1.82, 2.24) is 10.9 Å². The minimum Gasteiger partial charge on any atom is -0.507 e. The van der Waals surface area contributed by atoms with Crippen molar-refractivity contribution < 1.29 is 14.7 Å². The molecular weight excluding hydrogens is 472 g/mol. The lowest BCUT2D eigenvalue weighted by atomic mass is 9.88. The van der Waals surface area contributed by atoms with Crippen LogP contribution < -0.4 is 10.9 Å². The maximum absolute atomic E-state index is 12.7. The predicted molar refractivity (Wildman–Crippen MR) is 161 cm³/mol. The van der Waals surface area contributed by atoms with Gasteiger partial charge < -0.3 is 5.11 Å². The van der Waals surface area contributed by atoms with E-state index in [1.807, 2.05) is 46.8 Å². The predicted octanol–water partition coefficient (Wildman–Crippen LogP) is 9.15. The normalized spacial score (nSPS) is 12.2. The number of unbranched alkanes of at least 4 members (excludes halogenated alkanes) is 14. The minimum absolute atomic E-state index is 0.142. The summed E-state index contributed by atoms with van der Waals surface area (Å²) >= 11 is 0. The molecule has 5 nitrogen and oxygen atoms in total. The quantitative estimate of drug-likeness (QED) is 0.116. The van der Waals surface area contributed by atoms with Crippen molar-refractivity contribution in [2.24, 2.45) is 0 Å². The molecule has 1 unspecified atom stereocenters. The second-order valence-electron chi connectivity index (χ2n) is 11.8. The molecule has 0 saturated carbocycles. The van der Waals surface area contributed by atoms with E-state index >= 15 is 0 Å². The van der Waals surface area contributed by atoms with Crippen LogP contribution in [0, 0.1) is 0 Å². The standard InChI is InChI=1S/C33H58N2O3/c1-7-8-9-10-11-12-13-14-15-16-17-18-19-20-21-22-31(36)34-35-33(38)27(6)28-23-29(25(2)3)32(37)30(24-28)26(4)5/h23-27,37H,7-22H2,1-6H3,(H,34,36)(H,35,38). The van der Waals surface area contributed by atoms with E-state index in [9.17, 15) is 14.7 Å². The van der Waals surface area contributed by atoms with E-state index < -0.39 is 5.92 Å². The molecule has 0 aliphatic rings. The van der Waals surface area contributed by atoms with Crippen molar-refractivity contribution in [1.29, 1.82) is 0 Å². The van der Waals surface area contributed by atoms with E-state index in [2.05, 4.69) is 17.8 Å². The van der Waals surface area contributed by atoms with E-state index in [0.717, 1.165) is 29.5 Å². The molecule has 0 heterocycles. The SMILES string of the molecule is CCCCCCCCCCCCCCCCCC(=O)NNC(=O)C(C)c1cc(C(C)C)c(O)c(C(C)C)c1. The number of hydrogen-bond donors (Lipinski definition) is 3. The number of rotatable bonds is 20. The molecule has 1 rings (SSSR count). The highest BCUT2D eigenvalue weighted by Crippen LogP contribution is 2.36. The third-order valence-electron chi connectivity index (χ3n) is 7.66. The molecule has 0 fully saturated rings. The summed E-state index contributed by atoms with van der Waals surface area (Å²) in [7, 11) is 0. The highest BCUT2D eigenvalue weighted by atomic mass is 16.3. The summed E-state index contributed by atoms with van der Waals surface area (Å²) in [6, 6.07) is 3.82. The third kappa shape index (κ3) is 13.7. The van der Waals surface area contributed by atoms with Gasteiger partial charge in [0.1, 0.15) is 5.75 Å². The molecule has 5 heteroatoms.